The first kappa shape index (κ1) is 12.9. The smallest absolute Gasteiger partial charge is 0.131 e. The highest BCUT2D eigenvalue weighted by Crippen LogP contribution is 2.28. The van der Waals surface area contributed by atoms with Crippen LogP contribution in [0.2, 0.25) is 0 Å². The molecule has 0 aliphatic carbocycles. The summed E-state index contributed by atoms with van der Waals surface area (Å²) in [7, 11) is 2.02. The van der Waals surface area contributed by atoms with Gasteiger partial charge in [-0.2, -0.15) is 5.10 Å². The Morgan fingerprint density at radius 1 is 1.53 bits per heavy atom. The van der Waals surface area contributed by atoms with Crippen molar-refractivity contribution in [1.82, 2.24) is 9.78 Å². The zero-order valence-electron chi connectivity index (χ0n) is 10.7. The predicted molar refractivity (Wildman–Crippen MR) is 72.8 cm³/mol. The van der Waals surface area contributed by atoms with Gasteiger partial charge in [-0.3, -0.25) is 4.68 Å². The molecule has 4 nitrogen and oxygen atoms in total. The van der Waals surface area contributed by atoms with Crippen LogP contribution in [-0.4, -0.2) is 35.6 Å². The molecule has 1 aromatic heterocycles. The van der Waals surface area contributed by atoms with E-state index in [1.54, 1.807) is 0 Å². The Morgan fingerprint density at radius 2 is 2.29 bits per heavy atom. The molecule has 1 fully saturated rings. The Kier molecular flexibility index (Phi) is 4.09. The van der Waals surface area contributed by atoms with Crippen molar-refractivity contribution in [3.8, 4) is 0 Å². The van der Waals surface area contributed by atoms with E-state index >= 15 is 0 Å². The molecule has 1 unspecified atom stereocenters. The van der Waals surface area contributed by atoms with E-state index in [0.29, 0.717) is 6.04 Å². The second-order valence-corrected chi connectivity index (χ2v) is 5.04. The van der Waals surface area contributed by atoms with Crippen molar-refractivity contribution in [2.75, 3.05) is 24.7 Å². The van der Waals surface area contributed by atoms with Crippen molar-refractivity contribution in [1.29, 1.82) is 0 Å². The van der Waals surface area contributed by atoms with E-state index in [2.05, 4.69) is 39.8 Å². The third kappa shape index (κ3) is 2.36. The molecule has 0 N–H and O–H groups in total. The number of alkyl halides is 1. The molecule has 0 aromatic carbocycles. The molecule has 2 rings (SSSR count). The van der Waals surface area contributed by atoms with Gasteiger partial charge in [0.15, 0.2) is 0 Å². The average Bonchev–Trinajstić information content (AvgIpc) is 2.63. The molecular formula is C12H20BrN3O. The molecule has 96 valence electrons. The topological polar surface area (TPSA) is 30.3 Å². The van der Waals surface area contributed by atoms with Crippen LogP contribution >= 0.6 is 15.9 Å². The van der Waals surface area contributed by atoms with Gasteiger partial charge in [0.1, 0.15) is 5.82 Å². The fraction of sp³-hybridized carbons (Fsp3) is 0.750. The van der Waals surface area contributed by atoms with Crippen molar-refractivity contribution in [3.63, 3.8) is 0 Å². The highest BCUT2D eigenvalue weighted by atomic mass is 79.9. The molecular weight excluding hydrogens is 282 g/mol. The number of ether oxygens (including phenoxy) is 1. The third-order valence-corrected chi connectivity index (χ3v) is 3.98. The first-order valence-electron chi connectivity index (χ1n) is 6.11. The van der Waals surface area contributed by atoms with E-state index in [0.717, 1.165) is 37.2 Å². The summed E-state index contributed by atoms with van der Waals surface area (Å²) in [6.45, 7) is 6.87. The minimum absolute atomic E-state index is 0.469. The normalized spacial score (nSPS) is 20.9. The van der Waals surface area contributed by atoms with Gasteiger partial charge in [-0.05, 0) is 13.3 Å². The molecule has 2 heterocycles. The minimum atomic E-state index is 0.469. The number of anilines is 1. The summed E-state index contributed by atoms with van der Waals surface area (Å²) in [5.74, 6) is 1.24. The summed E-state index contributed by atoms with van der Waals surface area (Å²) < 4.78 is 7.56. The van der Waals surface area contributed by atoms with Gasteiger partial charge in [0, 0.05) is 24.5 Å². The van der Waals surface area contributed by atoms with E-state index in [1.807, 2.05) is 11.7 Å². The van der Waals surface area contributed by atoms with E-state index in [4.69, 9.17) is 4.74 Å². The molecule has 1 atom stereocenters. The lowest BCUT2D eigenvalue weighted by atomic mass is 10.1. The molecule has 5 heteroatoms. The predicted octanol–water partition coefficient (Wildman–Crippen LogP) is 2.24. The maximum atomic E-state index is 5.56. The fourth-order valence-electron chi connectivity index (χ4n) is 2.48. The summed E-state index contributed by atoms with van der Waals surface area (Å²) in [6, 6.07) is 0.469. The van der Waals surface area contributed by atoms with Crippen LogP contribution in [0.1, 0.15) is 24.6 Å². The van der Waals surface area contributed by atoms with Gasteiger partial charge in [-0.15, -0.1) is 0 Å². The van der Waals surface area contributed by atoms with Crippen LogP contribution in [0.4, 0.5) is 5.82 Å². The molecule has 1 aliphatic rings. The molecule has 0 saturated carbocycles. The van der Waals surface area contributed by atoms with E-state index < -0.39 is 0 Å². The number of rotatable bonds is 3. The summed E-state index contributed by atoms with van der Waals surface area (Å²) in [5, 5.41) is 5.39. The Morgan fingerprint density at radius 3 is 2.94 bits per heavy atom. The minimum Gasteiger partial charge on any atom is -0.377 e. The van der Waals surface area contributed by atoms with Gasteiger partial charge < -0.3 is 9.64 Å². The fourth-order valence-corrected chi connectivity index (χ4v) is 3.13. The standard InChI is InChI=1S/C12H20BrN3O/c1-4-10-8-17-6-5-16(10)12-11(7-13)9(2)14-15(12)3/h10H,4-8H2,1-3H3. The maximum Gasteiger partial charge on any atom is 0.131 e. The molecule has 0 spiro atoms. The number of halogens is 1. The van der Waals surface area contributed by atoms with Crippen molar-refractivity contribution in [2.24, 2.45) is 7.05 Å². The second kappa shape index (κ2) is 5.40. The lowest BCUT2D eigenvalue weighted by Crippen LogP contribution is -2.46. The zero-order valence-corrected chi connectivity index (χ0v) is 12.3. The van der Waals surface area contributed by atoms with Gasteiger partial charge in [0.05, 0.1) is 24.9 Å². The molecule has 0 bridgehead atoms. The van der Waals surface area contributed by atoms with Gasteiger partial charge in [-0.1, -0.05) is 22.9 Å². The molecule has 1 aliphatic heterocycles. The largest absolute Gasteiger partial charge is 0.377 e. The van der Waals surface area contributed by atoms with E-state index in [1.165, 1.54) is 11.4 Å². The number of hydrogen-bond acceptors (Lipinski definition) is 3. The van der Waals surface area contributed by atoms with Crippen molar-refractivity contribution in [2.45, 2.75) is 31.6 Å². The number of aromatic nitrogens is 2. The Bertz CT molecular complexity index is 391. The van der Waals surface area contributed by atoms with Gasteiger partial charge in [0.2, 0.25) is 0 Å². The zero-order chi connectivity index (χ0) is 12.4. The van der Waals surface area contributed by atoms with Crippen molar-refractivity contribution >= 4 is 21.7 Å². The van der Waals surface area contributed by atoms with Crippen LogP contribution in [0.25, 0.3) is 0 Å². The summed E-state index contributed by atoms with van der Waals surface area (Å²) in [4.78, 5) is 2.44. The summed E-state index contributed by atoms with van der Waals surface area (Å²) in [5.41, 5.74) is 2.41. The molecule has 1 saturated heterocycles. The third-order valence-electron chi connectivity index (χ3n) is 3.42. The molecule has 17 heavy (non-hydrogen) atoms. The van der Waals surface area contributed by atoms with Crippen LogP contribution in [-0.2, 0) is 17.1 Å². The van der Waals surface area contributed by atoms with E-state index in [-0.39, 0.29) is 0 Å². The Balaban J connectivity index is 2.37. The monoisotopic (exact) mass is 301 g/mol. The molecule has 1 aromatic rings. The summed E-state index contributed by atoms with van der Waals surface area (Å²) in [6.07, 6.45) is 1.10. The van der Waals surface area contributed by atoms with Crippen LogP contribution in [0.5, 0.6) is 0 Å². The highest BCUT2D eigenvalue weighted by molar-refractivity contribution is 9.08. The number of aryl methyl sites for hydroxylation is 2. The average molecular weight is 302 g/mol. The summed E-state index contributed by atoms with van der Waals surface area (Å²) >= 11 is 3.57. The van der Waals surface area contributed by atoms with Crippen LogP contribution in [0, 0.1) is 6.92 Å². The number of morpholine rings is 1. The lowest BCUT2D eigenvalue weighted by Gasteiger charge is -2.37. The van der Waals surface area contributed by atoms with Crippen molar-refractivity contribution in [3.05, 3.63) is 11.3 Å². The van der Waals surface area contributed by atoms with Gasteiger partial charge in [-0.25, -0.2) is 0 Å². The first-order chi connectivity index (χ1) is 8.19. The van der Waals surface area contributed by atoms with Crippen LogP contribution < -0.4 is 4.90 Å². The Hall–Kier alpha value is -0.550. The highest BCUT2D eigenvalue weighted by Gasteiger charge is 2.27. The van der Waals surface area contributed by atoms with Gasteiger partial charge >= 0.3 is 0 Å². The SMILES string of the molecule is CCC1COCCN1c1c(CBr)c(C)nn1C. The second-order valence-electron chi connectivity index (χ2n) is 4.48. The molecule has 0 amide bonds. The first-order valence-corrected chi connectivity index (χ1v) is 7.24. The van der Waals surface area contributed by atoms with Gasteiger partial charge in [0.25, 0.3) is 0 Å². The Labute approximate surface area is 111 Å². The van der Waals surface area contributed by atoms with E-state index in [9.17, 15) is 0 Å². The van der Waals surface area contributed by atoms with Crippen molar-refractivity contribution < 1.29 is 4.74 Å². The number of nitrogens with zero attached hydrogens (tertiary/aromatic N) is 3. The lowest BCUT2D eigenvalue weighted by molar-refractivity contribution is 0.0921. The van der Waals surface area contributed by atoms with Crippen LogP contribution in [0.3, 0.4) is 0 Å². The molecule has 0 radical (unpaired) electrons. The number of hydrogen-bond donors (Lipinski definition) is 0. The maximum absolute atomic E-state index is 5.56. The van der Waals surface area contributed by atoms with Crippen LogP contribution in [0.15, 0.2) is 0 Å². The quantitative estimate of drug-likeness (QED) is 0.802.